The summed E-state index contributed by atoms with van der Waals surface area (Å²) in [6.07, 6.45) is 2.41. The molecule has 0 fully saturated rings. The van der Waals surface area contributed by atoms with Crippen molar-refractivity contribution in [3.8, 4) is 0 Å². The van der Waals surface area contributed by atoms with E-state index < -0.39 is 9.84 Å². The van der Waals surface area contributed by atoms with E-state index in [0.717, 1.165) is 6.26 Å². The van der Waals surface area contributed by atoms with Gasteiger partial charge in [0.25, 0.3) is 0 Å². The minimum absolute atomic E-state index is 0.0902. The monoisotopic (exact) mass is 217 g/mol. The molecule has 80 valence electrons. The first-order valence-electron chi connectivity index (χ1n) is 4.18. The molecule has 0 aliphatic carbocycles. The fourth-order valence-corrected chi connectivity index (χ4v) is 1.87. The van der Waals surface area contributed by atoms with Gasteiger partial charge in [-0.1, -0.05) is 0 Å². The molecule has 5 nitrogen and oxygen atoms in total. The summed E-state index contributed by atoms with van der Waals surface area (Å²) < 4.78 is 24.0. The molecule has 0 aliphatic rings. The lowest BCUT2D eigenvalue weighted by molar-refractivity contribution is 0.361. The largest absolute Gasteiger partial charge is 0.383 e. The van der Waals surface area contributed by atoms with E-state index in [2.05, 4.69) is 5.10 Å². The van der Waals surface area contributed by atoms with Gasteiger partial charge in [-0.3, -0.25) is 0 Å². The van der Waals surface area contributed by atoms with Gasteiger partial charge in [0.15, 0.2) is 9.84 Å². The van der Waals surface area contributed by atoms with Gasteiger partial charge in [0.2, 0.25) is 0 Å². The number of aromatic nitrogens is 2. The summed E-state index contributed by atoms with van der Waals surface area (Å²) in [6.45, 7) is 5.72. The molecule has 0 saturated carbocycles. The molecular formula is C8H15N3O2S. The van der Waals surface area contributed by atoms with Crippen molar-refractivity contribution in [1.82, 2.24) is 9.78 Å². The maximum absolute atomic E-state index is 11.3. The predicted molar refractivity (Wildman–Crippen MR) is 54.7 cm³/mol. The van der Waals surface area contributed by atoms with Crippen molar-refractivity contribution in [1.29, 1.82) is 0 Å². The zero-order valence-electron chi connectivity index (χ0n) is 8.77. The van der Waals surface area contributed by atoms with Crippen molar-refractivity contribution in [3.63, 3.8) is 0 Å². The molecule has 2 N–H and O–H groups in total. The second-order valence-electron chi connectivity index (χ2n) is 4.25. The molecule has 0 radical (unpaired) electrons. The molecule has 1 heterocycles. The van der Waals surface area contributed by atoms with Crippen LogP contribution in [-0.2, 0) is 15.4 Å². The van der Waals surface area contributed by atoms with Crippen LogP contribution in [0.25, 0.3) is 0 Å². The van der Waals surface area contributed by atoms with Crippen molar-refractivity contribution in [2.75, 3.05) is 12.0 Å². The number of anilines is 1. The third-order valence-electron chi connectivity index (χ3n) is 1.81. The van der Waals surface area contributed by atoms with E-state index >= 15 is 0 Å². The lowest BCUT2D eigenvalue weighted by Crippen LogP contribution is -2.25. The molecule has 0 aromatic carbocycles. The zero-order valence-corrected chi connectivity index (χ0v) is 9.59. The highest BCUT2D eigenvalue weighted by atomic mass is 32.2. The highest BCUT2D eigenvalue weighted by Crippen LogP contribution is 2.23. The Balaban J connectivity index is 3.37. The quantitative estimate of drug-likeness (QED) is 0.748. The van der Waals surface area contributed by atoms with Crippen LogP contribution in [0.5, 0.6) is 0 Å². The highest BCUT2D eigenvalue weighted by molar-refractivity contribution is 7.90. The van der Waals surface area contributed by atoms with E-state index in [-0.39, 0.29) is 16.3 Å². The van der Waals surface area contributed by atoms with Crippen LogP contribution < -0.4 is 5.73 Å². The SMILES string of the molecule is CC(C)(C)n1ncc(S(C)(=O)=O)c1N. The number of sulfone groups is 1. The van der Waals surface area contributed by atoms with Crippen molar-refractivity contribution >= 4 is 15.7 Å². The van der Waals surface area contributed by atoms with Gasteiger partial charge in [0, 0.05) is 6.26 Å². The average Bonchev–Trinajstić information content (AvgIpc) is 2.26. The molecule has 6 heteroatoms. The summed E-state index contributed by atoms with van der Waals surface area (Å²) >= 11 is 0. The van der Waals surface area contributed by atoms with E-state index in [1.165, 1.54) is 10.9 Å². The second kappa shape index (κ2) is 2.98. The van der Waals surface area contributed by atoms with Gasteiger partial charge in [-0.15, -0.1) is 0 Å². The Morgan fingerprint density at radius 2 is 1.93 bits per heavy atom. The Labute approximate surface area is 83.8 Å². The van der Waals surface area contributed by atoms with Crippen LogP contribution in [0.3, 0.4) is 0 Å². The number of hydrogen-bond acceptors (Lipinski definition) is 4. The van der Waals surface area contributed by atoms with Crippen LogP contribution in [0.15, 0.2) is 11.1 Å². The Morgan fingerprint density at radius 3 is 2.14 bits per heavy atom. The van der Waals surface area contributed by atoms with Crippen molar-refractivity contribution in [3.05, 3.63) is 6.20 Å². The summed E-state index contributed by atoms with van der Waals surface area (Å²) in [6, 6.07) is 0. The van der Waals surface area contributed by atoms with Crippen molar-refractivity contribution < 1.29 is 8.42 Å². The lowest BCUT2D eigenvalue weighted by Gasteiger charge is -2.20. The Bertz CT molecular complexity index is 440. The Kier molecular flexibility index (Phi) is 2.35. The van der Waals surface area contributed by atoms with E-state index in [0.29, 0.717) is 0 Å². The van der Waals surface area contributed by atoms with Crippen molar-refractivity contribution in [2.24, 2.45) is 0 Å². The smallest absolute Gasteiger partial charge is 0.180 e. The first-order valence-corrected chi connectivity index (χ1v) is 6.07. The van der Waals surface area contributed by atoms with Gasteiger partial charge >= 0.3 is 0 Å². The third-order valence-corrected chi connectivity index (χ3v) is 2.92. The molecule has 0 bridgehead atoms. The summed E-state index contributed by atoms with van der Waals surface area (Å²) in [5.41, 5.74) is 5.38. The van der Waals surface area contributed by atoms with E-state index in [4.69, 9.17) is 5.73 Å². The van der Waals surface area contributed by atoms with E-state index in [9.17, 15) is 8.42 Å². The molecule has 0 spiro atoms. The predicted octanol–water partition coefficient (Wildman–Crippen LogP) is 0.624. The molecule has 1 aromatic heterocycles. The molecule has 14 heavy (non-hydrogen) atoms. The van der Waals surface area contributed by atoms with Gasteiger partial charge in [0.1, 0.15) is 10.7 Å². The second-order valence-corrected chi connectivity index (χ2v) is 6.23. The fraction of sp³-hybridized carbons (Fsp3) is 0.625. The van der Waals surface area contributed by atoms with Crippen molar-refractivity contribution in [2.45, 2.75) is 31.2 Å². The minimum Gasteiger partial charge on any atom is -0.383 e. The highest BCUT2D eigenvalue weighted by Gasteiger charge is 2.23. The van der Waals surface area contributed by atoms with Crippen LogP contribution in [-0.4, -0.2) is 24.5 Å². The maximum Gasteiger partial charge on any atom is 0.180 e. The summed E-state index contributed by atoms with van der Waals surface area (Å²) in [5, 5.41) is 3.97. The molecule has 0 aliphatic heterocycles. The van der Waals surface area contributed by atoms with Gasteiger partial charge in [-0.2, -0.15) is 5.10 Å². The first kappa shape index (κ1) is 11.0. The van der Waals surface area contributed by atoms with Gasteiger partial charge < -0.3 is 5.73 Å². The molecule has 0 amide bonds. The zero-order chi connectivity index (χ0) is 11.1. The van der Waals surface area contributed by atoms with Gasteiger partial charge in [0.05, 0.1) is 11.7 Å². The Hall–Kier alpha value is -1.04. The number of hydrogen-bond donors (Lipinski definition) is 1. The summed E-state index contributed by atoms with van der Waals surface area (Å²) in [4.78, 5) is 0.0902. The summed E-state index contributed by atoms with van der Waals surface area (Å²) in [5.74, 6) is 0.194. The van der Waals surface area contributed by atoms with Crippen LogP contribution in [0, 0.1) is 0 Å². The third kappa shape index (κ3) is 1.89. The van der Waals surface area contributed by atoms with Crippen LogP contribution >= 0.6 is 0 Å². The Morgan fingerprint density at radius 1 is 1.43 bits per heavy atom. The normalized spacial score (nSPS) is 13.1. The van der Waals surface area contributed by atoms with Gasteiger partial charge in [-0.05, 0) is 20.8 Å². The van der Waals surface area contributed by atoms with Gasteiger partial charge in [-0.25, -0.2) is 13.1 Å². The summed E-state index contributed by atoms with van der Waals surface area (Å²) in [7, 11) is -3.28. The number of rotatable bonds is 1. The van der Waals surface area contributed by atoms with E-state index in [1.807, 2.05) is 20.8 Å². The minimum atomic E-state index is -3.28. The number of nitrogens with two attached hydrogens (primary N) is 1. The first-order chi connectivity index (χ1) is 6.14. The van der Waals surface area contributed by atoms with Crippen LogP contribution in [0.1, 0.15) is 20.8 Å². The number of nitrogens with zero attached hydrogens (tertiary/aromatic N) is 2. The molecule has 0 saturated heterocycles. The van der Waals surface area contributed by atoms with Crippen LogP contribution in [0.4, 0.5) is 5.82 Å². The molecule has 0 atom stereocenters. The molecule has 1 aromatic rings. The molecule has 1 rings (SSSR count). The lowest BCUT2D eigenvalue weighted by atomic mass is 10.1. The topological polar surface area (TPSA) is 78.0 Å². The fourth-order valence-electron chi connectivity index (χ4n) is 1.16. The standard InChI is InChI=1S/C8H15N3O2S/c1-8(2,3)11-7(9)6(5-10-11)14(4,12)13/h5H,9H2,1-4H3. The van der Waals surface area contributed by atoms with Crippen LogP contribution in [0.2, 0.25) is 0 Å². The average molecular weight is 217 g/mol. The molecular weight excluding hydrogens is 202 g/mol. The number of nitrogen functional groups attached to an aromatic ring is 1. The van der Waals surface area contributed by atoms with E-state index in [1.54, 1.807) is 0 Å². The maximum atomic E-state index is 11.3. The molecule has 0 unspecified atom stereocenters.